The third-order valence-electron chi connectivity index (χ3n) is 0.957. The van der Waals surface area contributed by atoms with Crippen LogP contribution in [0.2, 0.25) is 0 Å². The molecule has 68 valence electrons. The molecule has 0 saturated carbocycles. The molecule has 0 aromatic heterocycles. The van der Waals surface area contributed by atoms with Gasteiger partial charge in [-0.25, -0.2) is 0 Å². The van der Waals surface area contributed by atoms with Gasteiger partial charge < -0.3 is 8.97 Å². The fourth-order valence-electron chi connectivity index (χ4n) is 0.589. The highest BCUT2D eigenvalue weighted by Gasteiger charge is 2.11. The van der Waals surface area contributed by atoms with Gasteiger partial charge in [0.15, 0.2) is 0 Å². The van der Waals surface area contributed by atoms with Crippen molar-refractivity contribution in [3.05, 3.63) is 0 Å². The molecule has 0 spiro atoms. The van der Waals surface area contributed by atoms with E-state index in [0.29, 0.717) is 0 Å². The Morgan fingerprint density at radius 3 is 1.18 bits per heavy atom. The van der Waals surface area contributed by atoms with Crippen molar-refractivity contribution < 1.29 is 8.97 Å². The van der Waals surface area contributed by atoms with E-state index in [-0.39, 0.29) is 0 Å². The van der Waals surface area contributed by atoms with Crippen LogP contribution >= 0.6 is 11.8 Å². The van der Waals surface area contributed by atoms with Crippen LogP contribution in [-0.2, 0) is 0 Å². The Labute approximate surface area is 75.4 Å². The van der Waals surface area contributed by atoms with Crippen LogP contribution in [0.5, 0.6) is 0 Å². The first-order chi connectivity index (χ1) is 4.71. The van der Waals surface area contributed by atoms with Gasteiger partial charge in [-0.3, -0.25) is 0 Å². The minimum absolute atomic E-state index is 1.05. The molecule has 0 aliphatic carbocycles. The smallest absolute Gasteiger partial charge is 0.130 e. The number of quaternary nitrogens is 2. The van der Waals surface area contributed by atoms with Gasteiger partial charge in [0.2, 0.25) is 0 Å². The molecule has 0 bridgehead atoms. The highest BCUT2D eigenvalue weighted by atomic mass is 32.2. The maximum atomic E-state index is 2.22. The number of nitrogens with zero attached hydrogens (tertiary/aromatic N) is 2. The quantitative estimate of drug-likeness (QED) is 0.458. The normalized spacial score (nSPS) is 13.6. The van der Waals surface area contributed by atoms with Gasteiger partial charge in [-0.1, -0.05) is 0 Å². The zero-order valence-electron chi connectivity index (χ0n) is 8.72. The van der Waals surface area contributed by atoms with E-state index in [2.05, 4.69) is 42.3 Å². The van der Waals surface area contributed by atoms with Crippen LogP contribution in [-0.4, -0.2) is 63.0 Å². The van der Waals surface area contributed by atoms with Gasteiger partial charge in [0.25, 0.3) is 0 Å². The zero-order chi connectivity index (χ0) is 9.12. The highest BCUT2D eigenvalue weighted by molar-refractivity contribution is 7.98. The van der Waals surface area contributed by atoms with Crippen molar-refractivity contribution in [3.8, 4) is 0 Å². The maximum Gasteiger partial charge on any atom is 0.130 e. The molecule has 0 aliphatic heterocycles. The predicted molar refractivity (Wildman–Crippen MR) is 53.4 cm³/mol. The molecule has 0 aliphatic rings. The fourth-order valence-corrected chi connectivity index (χ4v) is 1.77. The Balaban J connectivity index is 3.44. The van der Waals surface area contributed by atoms with Crippen molar-refractivity contribution in [3.63, 3.8) is 0 Å². The van der Waals surface area contributed by atoms with E-state index in [1.807, 2.05) is 11.8 Å². The average Bonchev–Trinajstić information content (AvgIpc) is 1.55. The largest absolute Gasteiger partial charge is 0.322 e. The van der Waals surface area contributed by atoms with Gasteiger partial charge in [0.1, 0.15) is 11.8 Å². The summed E-state index contributed by atoms with van der Waals surface area (Å²) in [7, 11) is 13.3. The maximum absolute atomic E-state index is 2.22. The van der Waals surface area contributed by atoms with Gasteiger partial charge in [0.05, 0.1) is 42.3 Å². The van der Waals surface area contributed by atoms with Crippen molar-refractivity contribution in [2.45, 2.75) is 0 Å². The van der Waals surface area contributed by atoms with Crippen LogP contribution in [0.15, 0.2) is 0 Å². The van der Waals surface area contributed by atoms with Crippen LogP contribution in [0, 0.1) is 0 Å². The molecule has 0 heterocycles. The Morgan fingerprint density at radius 1 is 0.727 bits per heavy atom. The van der Waals surface area contributed by atoms with Crippen molar-refractivity contribution in [1.82, 2.24) is 0 Å². The van der Waals surface area contributed by atoms with E-state index in [4.69, 9.17) is 0 Å². The minimum atomic E-state index is 1.05. The molecule has 0 saturated heterocycles. The van der Waals surface area contributed by atoms with Gasteiger partial charge >= 0.3 is 0 Å². The van der Waals surface area contributed by atoms with Crippen molar-refractivity contribution in [1.29, 1.82) is 0 Å². The molecule has 0 fully saturated rings. The van der Waals surface area contributed by atoms with Gasteiger partial charge in [-0.05, 0) is 11.8 Å². The molecule has 0 amide bonds. The molecule has 2 nitrogen and oxygen atoms in total. The van der Waals surface area contributed by atoms with Crippen LogP contribution in [0.1, 0.15) is 0 Å². The molecule has 0 aromatic carbocycles. The second-order valence-corrected chi connectivity index (χ2v) is 5.97. The summed E-state index contributed by atoms with van der Waals surface area (Å²) in [4.78, 5) is 0. The first-order valence-corrected chi connectivity index (χ1v) is 5.05. The summed E-state index contributed by atoms with van der Waals surface area (Å²) in [6.45, 7) is 0. The van der Waals surface area contributed by atoms with E-state index in [9.17, 15) is 0 Å². The van der Waals surface area contributed by atoms with Crippen LogP contribution < -0.4 is 0 Å². The first-order valence-electron chi connectivity index (χ1n) is 3.89. The minimum Gasteiger partial charge on any atom is -0.322 e. The third-order valence-corrected chi connectivity index (χ3v) is 2.87. The lowest BCUT2D eigenvalue weighted by molar-refractivity contribution is -0.864. The van der Waals surface area contributed by atoms with Crippen LogP contribution in [0.25, 0.3) is 0 Å². The van der Waals surface area contributed by atoms with E-state index >= 15 is 0 Å². The lowest BCUT2D eigenvalue weighted by Crippen LogP contribution is -2.38. The highest BCUT2D eigenvalue weighted by Crippen LogP contribution is 2.09. The number of hydrogen-bond donors (Lipinski definition) is 0. The molecule has 0 rings (SSSR count). The average molecular weight is 178 g/mol. The lowest BCUT2D eigenvalue weighted by atomic mass is 10.8. The fraction of sp³-hybridized carbons (Fsp3) is 1.00. The summed E-state index contributed by atoms with van der Waals surface area (Å²) in [6, 6.07) is 0. The molecular formula is C8H22N2S+2. The predicted octanol–water partition coefficient (Wildman–Crippen LogP) is 1.05. The Bertz CT molecular complexity index is 96.2. The number of thioether (sulfide) groups is 1. The summed E-state index contributed by atoms with van der Waals surface area (Å²) in [5.41, 5.74) is 0. The monoisotopic (exact) mass is 178 g/mol. The Hall–Kier alpha value is 0.270. The standard InChI is InChI=1S/C8H22N2S/c1-9(2,3)7-11-8-10(4,5)6/h7-8H2,1-6H3/q+2. The van der Waals surface area contributed by atoms with Crippen molar-refractivity contribution in [2.75, 3.05) is 54.0 Å². The summed E-state index contributed by atoms with van der Waals surface area (Å²) >= 11 is 2.01. The van der Waals surface area contributed by atoms with E-state index in [1.165, 1.54) is 11.8 Å². The lowest BCUT2D eigenvalue weighted by Gasteiger charge is -2.27. The van der Waals surface area contributed by atoms with Crippen LogP contribution in [0.4, 0.5) is 0 Å². The van der Waals surface area contributed by atoms with Gasteiger partial charge in [-0.2, -0.15) is 0 Å². The molecule has 0 atom stereocenters. The van der Waals surface area contributed by atoms with Gasteiger partial charge in [0, 0.05) is 0 Å². The summed E-state index contributed by atoms with van der Waals surface area (Å²) in [6.07, 6.45) is 0. The zero-order valence-corrected chi connectivity index (χ0v) is 9.53. The number of rotatable bonds is 4. The molecular weight excluding hydrogens is 156 g/mol. The second-order valence-electron chi connectivity index (χ2n) is 5.04. The summed E-state index contributed by atoms with van der Waals surface area (Å²) < 4.78 is 2.09. The van der Waals surface area contributed by atoms with E-state index in [1.54, 1.807) is 0 Å². The van der Waals surface area contributed by atoms with E-state index < -0.39 is 0 Å². The topological polar surface area (TPSA) is 0 Å². The summed E-state index contributed by atoms with van der Waals surface area (Å²) in [5.74, 6) is 2.38. The molecule has 0 radical (unpaired) electrons. The molecule has 3 heteroatoms. The van der Waals surface area contributed by atoms with Gasteiger partial charge in [-0.15, -0.1) is 0 Å². The van der Waals surface area contributed by atoms with Crippen molar-refractivity contribution in [2.24, 2.45) is 0 Å². The SMILES string of the molecule is C[N+](C)(C)CSC[N+](C)(C)C. The third kappa shape index (κ3) is 10.3. The summed E-state index contributed by atoms with van der Waals surface area (Å²) in [5, 5.41) is 0. The molecule has 0 aromatic rings. The molecule has 11 heavy (non-hydrogen) atoms. The van der Waals surface area contributed by atoms with E-state index in [0.717, 1.165) is 8.97 Å². The first kappa shape index (κ1) is 11.3. The Kier molecular flexibility index (Phi) is 3.88. The molecule has 0 unspecified atom stereocenters. The number of hydrogen-bond acceptors (Lipinski definition) is 1. The Morgan fingerprint density at radius 2 is 1.00 bits per heavy atom. The second kappa shape index (κ2) is 3.78. The molecule has 0 N–H and O–H groups in total. The van der Waals surface area contributed by atoms with Crippen molar-refractivity contribution >= 4 is 11.8 Å². The van der Waals surface area contributed by atoms with Crippen LogP contribution in [0.3, 0.4) is 0 Å².